The van der Waals surface area contributed by atoms with Crippen molar-refractivity contribution in [2.75, 3.05) is 18.4 Å². The molecular weight excluding hydrogens is 485 g/mol. The third kappa shape index (κ3) is 5.25. The van der Waals surface area contributed by atoms with Crippen molar-refractivity contribution in [3.8, 4) is 0 Å². The van der Waals surface area contributed by atoms with Crippen molar-refractivity contribution in [1.82, 2.24) is 4.31 Å². The van der Waals surface area contributed by atoms with Gasteiger partial charge < -0.3 is 5.32 Å². The van der Waals surface area contributed by atoms with Crippen LogP contribution in [0.1, 0.15) is 12.5 Å². The molecule has 0 unspecified atom stereocenters. The van der Waals surface area contributed by atoms with Gasteiger partial charge in [-0.2, -0.15) is 17.5 Å². The summed E-state index contributed by atoms with van der Waals surface area (Å²) in [5.74, 6) is -0.907. The summed E-state index contributed by atoms with van der Waals surface area (Å²) in [7, 11) is -4.13. The number of alkyl halides is 3. The molecule has 1 amide bonds. The van der Waals surface area contributed by atoms with Crippen molar-refractivity contribution in [2.45, 2.75) is 18.0 Å². The molecular formula is C17H15BrClF3N2O3S. The van der Waals surface area contributed by atoms with E-state index in [9.17, 15) is 26.4 Å². The van der Waals surface area contributed by atoms with E-state index in [2.05, 4.69) is 21.2 Å². The van der Waals surface area contributed by atoms with E-state index in [-0.39, 0.29) is 16.5 Å². The summed E-state index contributed by atoms with van der Waals surface area (Å²) in [6.07, 6.45) is -4.66. The predicted molar refractivity (Wildman–Crippen MR) is 104 cm³/mol. The number of carbonyl (C=O) groups excluding carboxylic acids is 1. The Bertz CT molecular complexity index is 984. The van der Waals surface area contributed by atoms with E-state index in [1.807, 2.05) is 0 Å². The van der Waals surface area contributed by atoms with E-state index in [1.54, 1.807) is 0 Å². The predicted octanol–water partition coefficient (Wildman–Crippen LogP) is 4.77. The average Bonchev–Trinajstić information content (AvgIpc) is 2.58. The Morgan fingerprint density at radius 3 is 2.43 bits per heavy atom. The van der Waals surface area contributed by atoms with Gasteiger partial charge in [-0.25, -0.2) is 8.42 Å². The molecule has 0 aliphatic rings. The first-order valence-electron chi connectivity index (χ1n) is 7.88. The molecule has 0 aliphatic carbocycles. The summed E-state index contributed by atoms with van der Waals surface area (Å²) in [4.78, 5) is 12.0. The monoisotopic (exact) mass is 498 g/mol. The maximum Gasteiger partial charge on any atom is 0.418 e. The highest BCUT2D eigenvalue weighted by atomic mass is 79.9. The number of carbonyl (C=O) groups is 1. The molecule has 0 bridgehead atoms. The molecule has 0 fully saturated rings. The highest BCUT2D eigenvalue weighted by Gasteiger charge is 2.34. The summed E-state index contributed by atoms with van der Waals surface area (Å²) in [6.45, 7) is 0.752. The van der Waals surface area contributed by atoms with Gasteiger partial charge in [-0.1, -0.05) is 46.6 Å². The van der Waals surface area contributed by atoms with Crippen molar-refractivity contribution < 1.29 is 26.4 Å². The number of benzene rings is 2. The van der Waals surface area contributed by atoms with Crippen LogP contribution < -0.4 is 5.32 Å². The van der Waals surface area contributed by atoms with Gasteiger partial charge in [-0.3, -0.25) is 4.79 Å². The second-order valence-corrected chi connectivity index (χ2v) is 8.83. The Hall–Kier alpha value is -1.62. The normalized spacial score (nSPS) is 12.2. The third-order valence-electron chi connectivity index (χ3n) is 3.69. The third-order valence-corrected chi connectivity index (χ3v) is 6.59. The van der Waals surface area contributed by atoms with E-state index >= 15 is 0 Å². The molecule has 0 atom stereocenters. The number of likely N-dealkylation sites (N-methyl/N-ethyl adjacent to an activating group) is 1. The molecule has 2 aromatic rings. The van der Waals surface area contributed by atoms with Crippen LogP contribution in [0, 0.1) is 0 Å². The average molecular weight is 500 g/mol. The smallest absolute Gasteiger partial charge is 0.324 e. The van der Waals surface area contributed by atoms with Crippen molar-refractivity contribution in [2.24, 2.45) is 0 Å². The van der Waals surface area contributed by atoms with Crippen molar-refractivity contribution in [3.05, 3.63) is 57.5 Å². The second-order valence-electron chi connectivity index (χ2n) is 5.60. The minimum atomic E-state index is -4.66. The van der Waals surface area contributed by atoms with Gasteiger partial charge in [0.25, 0.3) is 0 Å². The molecule has 11 heteroatoms. The molecule has 2 rings (SSSR count). The van der Waals surface area contributed by atoms with Crippen LogP contribution in [0.4, 0.5) is 18.9 Å². The highest BCUT2D eigenvalue weighted by molar-refractivity contribution is 9.10. The number of halogens is 5. The lowest BCUT2D eigenvalue weighted by Gasteiger charge is -2.21. The van der Waals surface area contributed by atoms with Gasteiger partial charge in [-0.05, 0) is 30.3 Å². The minimum Gasteiger partial charge on any atom is -0.324 e. The Balaban J connectivity index is 2.25. The molecule has 0 aromatic heterocycles. The van der Waals surface area contributed by atoms with Crippen LogP contribution in [0.3, 0.4) is 0 Å². The first-order valence-corrected chi connectivity index (χ1v) is 10.5. The van der Waals surface area contributed by atoms with E-state index in [0.717, 1.165) is 16.4 Å². The Labute approximate surface area is 173 Å². The largest absolute Gasteiger partial charge is 0.418 e. The van der Waals surface area contributed by atoms with Crippen LogP contribution >= 0.6 is 27.5 Å². The summed E-state index contributed by atoms with van der Waals surface area (Å²) < 4.78 is 66.1. The fraction of sp³-hybridized carbons (Fsp3) is 0.235. The zero-order valence-electron chi connectivity index (χ0n) is 14.4. The molecule has 0 saturated carbocycles. The Morgan fingerprint density at radius 1 is 1.21 bits per heavy atom. The summed E-state index contributed by atoms with van der Waals surface area (Å²) in [5, 5.41) is 2.08. The lowest BCUT2D eigenvalue weighted by Crippen LogP contribution is -2.38. The van der Waals surface area contributed by atoms with Crippen molar-refractivity contribution in [1.29, 1.82) is 0 Å². The number of hydrogen-bond donors (Lipinski definition) is 1. The molecule has 0 saturated heterocycles. The van der Waals surface area contributed by atoms with Gasteiger partial charge in [0.1, 0.15) is 4.90 Å². The van der Waals surface area contributed by atoms with E-state index in [0.29, 0.717) is 4.47 Å². The lowest BCUT2D eigenvalue weighted by atomic mass is 10.1. The second kappa shape index (κ2) is 8.81. The van der Waals surface area contributed by atoms with Crippen LogP contribution in [-0.4, -0.2) is 31.7 Å². The van der Waals surface area contributed by atoms with Gasteiger partial charge in [0.2, 0.25) is 15.9 Å². The van der Waals surface area contributed by atoms with Crippen LogP contribution in [-0.2, 0) is 21.0 Å². The van der Waals surface area contributed by atoms with Crippen LogP contribution in [0.25, 0.3) is 0 Å². The standard InChI is InChI=1S/C17H15BrClF3N2O3S/c1-2-24(28(26,27)15-8-7-11(18)9-13(15)19)10-16(25)23-14-6-4-3-5-12(14)17(20,21)22/h3-9H,2,10H2,1H3,(H,23,25). The number of nitrogens with one attached hydrogen (secondary N) is 1. The van der Waals surface area contributed by atoms with Gasteiger partial charge >= 0.3 is 6.18 Å². The van der Waals surface area contributed by atoms with Crippen molar-refractivity contribution in [3.63, 3.8) is 0 Å². The molecule has 0 heterocycles. The first kappa shape index (κ1) is 22.7. The number of rotatable bonds is 6. The topological polar surface area (TPSA) is 66.5 Å². The summed E-state index contributed by atoms with van der Waals surface area (Å²) in [5.41, 5.74) is -1.47. The molecule has 28 heavy (non-hydrogen) atoms. The van der Waals surface area contributed by atoms with Crippen LogP contribution in [0.2, 0.25) is 5.02 Å². The quantitative estimate of drug-likeness (QED) is 0.623. The van der Waals surface area contributed by atoms with Crippen molar-refractivity contribution >= 4 is 49.1 Å². The fourth-order valence-corrected chi connectivity index (χ4v) is 4.80. The first-order chi connectivity index (χ1) is 13.0. The minimum absolute atomic E-state index is 0.0457. The molecule has 0 spiro atoms. The number of anilines is 1. The molecule has 152 valence electrons. The molecule has 1 N–H and O–H groups in total. The van der Waals surface area contributed by atoms with E-state index in [1.165, 1.54) is 37.3 Å². The van der Waals surface area contributed by atoms with E-state index in [4.69, 9.17) is 11.6 Å². The molecule has 0 radical (unpaired) electrons. The maximum absolute atomic E-state index is 13.0. The van der Waals surface area contributed by atoms with Gasteiger partial charge in [0.05, 0.1) is 22.8 Å². The number of amides is 1. The SMILES string of the molecule is CCN(CC(=O)Nc1ccccc1C(F)(F)F)S(=O)(=O)c1ccc(Br)cc1Cl. The number of hydrogen-bond acceptors (Lipinski definition) is 3. The zero-order valence-corrected chi connectivity index (χ0v) is 17.6. The summed E-state index contributed by atoms with van der Waals surface area (Å²) in [6, 6.07) is 8.59. The van der Waals surface area contributed by atoms with Crippen LogP contribution in [0.15, 0.2) is 51.8 Å². The van der Waals surface area contributed by atoms with Gasteiger partial charge in [-0.15, -0.1) is 0 Å². The maximum atomic E-state index is 13.0. The number of para-hydroxylation sites is 1. The summed E-state index contributed by atoms with van der Waals surface area (Å²) >= 11 is 9.16. The Morgan fingerprint density at radius 2 is 1.86 bits per heavy atom. The fourth-order valence-electron chi connectivity index (χ4n) is 2.38. The van der Waals surface area contributed by atoms with Crippen LogP contribution in [0.5, 0.6) is 0 Å². The molecule has 5 nitrogen and oxygen atoms in total. The number of nitrogens with zero attached hydrogens (tertiary/aromatic N) is 1. The number of sulfonamides is 1. The van der Waals surface area contributed by atoms with Gasteiger partial charge in [0.15, 0.2) is 0 Å². The molecule has 0 aliphatic heterocycles. The molecule has 2 aromatic carbocycles. The zero-order chi connectivity index (χ0) is 21.1. The highest BCUT2D eigenvalue weighted by Crippen LogP contribution is 2.34. The lowest BCUT2D eigenvalue weighted by molar-refractivity contribution is -0.137. The Kier molecular flexibility index (Phi) is 7.13. The van der Waals surface area contributed by atoms with Gasteiger partial charge in [0, 0.05) is 11.0 Å². The van der Waals surface area contributed by atoms with E-state index < -0.39 is 39.9 Å².